The van der Waals surface area contributed by atoms with E-state index >= 15 is 0 Å². The molecule has 0 bridgehead atoms. The van der Waals surface area contributed by atoms with Crippen molar-refractivity contribution in [1.29, 1.82) is 0 Å². The third-order valence-electron chi connectivity index (χ3n) is 5.46. The number of anilines is 1. The second-order valence-electron chi connectivity index (χ2n) is 10.4. The maximum atomic E-state index is 12.7. The monoisotopic (exact) mass is 632 g/mol. The van der Waals surface area contributed by atoms with Gasteiger partial charge in [-0.3, -0.25) is 15.0 Å². The van der Waals surface area contributed by atoms with Crippen molar-refractivity contribution in [1.82, 2.24) is 31.1 Å². The number of hydrogen-bond acceptors (Lipinski definition) is 8. The highest BCUT2D eigenvalue weighted by Crippen LogP contribution is 2.30. The van der Waals surface area contributed by atoms with Crippen LogP contribution >= 0.6 is 35.0 Å². The van der Waals surface area contributed by atoms with Crippen molar-refractivity contribution in [3.05, 3.63) is 57.6 Å². The first-order valence-corrected chi connectivity index (χ1v) is 14.2. The van der Waals surface area contributed by atoms with E-state index in [1.165, 1.54) is 4.68 Å². The Morgan fingerprint density at radius 2 is 1.76 bits per heavy atom. The summed E-state index contributed by atoms with van der Waals surface area (Å²) < 4.78 is 6.97. The molecule has 222 valence electrons. The third-order valence-corrected chi connectivity index (χ3v) is 6.99. The highest BCUT2D eigenvalue weighted by molar-refractivity contribution is 7.99. The van der Waals surface area contributed by atoms with E-state index in [4.69, 9.17) is 33.7 Å². The number of thioether (sulfide) groups is 1. The van der Waals surface area contributed by atoms with Crippen LogP contribution in [0.3, 0.4) is 0 Å². The molecule has 1 aromatic heterocycles. The number of tetrazole rings is 1. The molecule has 0 saturated heterocycles. The van der Waals surface area contributed by atoms with E-state index in [1.54, 1.807) is 32.0 Å². The van der Waals surface area contributed by atoms with Crippen molar-refractivity contribution in [2.45, 2.75) is 50.8 Å². The van der Waals surface area contributed by atoms with Crippen LogP contribution in [0.2, 0.25) is 10.0 Å². The van der Waals surface area contributed by atoms with E-state index in [1.807, 2.05) is 23.6 Å². The number of halogens is 2. The molecule has 42 heavy (non-hydrogen) atoms. The number of hydrogen-bond donors (Lipinski definition) is 4. The molecular weight excluding hydrogens is 603 g/mol. The Morgan fingerprint density at radius 3 is 2.40 bits per heavy atom. The number of nitrogens with zero attached hydrogens (tertiary/aromatic N) is 4. The molecular formula is C27H30Cl2N8O4S. The zero-order chi connectivity index (χ0) is 31.1. The Morgan fingerprint density at radius 1 is 1.02 bits per heavy atom. The maximum Gasteiger partial charge on any atom is 0.330 e. The minimum atomic E-state index is -0.991. The molecule has 0 unspecified atom stereocenters. The molecule has 4 amide bonds. The normalized spacial score (nSPS) is 11.3. The van der Waals surface area contributed by atoms with Gasteiger partial charge in [0.2, 0.25) is 11.1 Å². The molecule has 3 rings (SSSR count). The van der Waals surface area contributed by atoms with Crippen LogP contribution in [0, 0.1) is 11.8 Å². The van der Waals surface area contributed by atoms with Crippen LogP contribution in [0.1, 0.15) is 45.7 Å². The van der Waals surface area contributed by atoms with Gasteiger partial charge in [-0.05, 0) is 65.6 Å². The molecule has 0 aliphatic carbocycles. The fraction of sp³-hybridized carbons (Fsp3) is 0.333. The fourth-order valence-electron chi connectivity index (χ4n) is 3.25. The summed E-state index contributed by atoms with van der Waals surface area (Å²) in [5, 5.41) is 15.7. The van der Waals surface area contributed by atoms with E-state index < -0.39 is 17.5 Å². The SMILES string of the molecule is CC(C)(C#Cc1ccc(NC(=O)CSc2nnnn2-c2ccc(C(C)(C)C)cc2Cl)c(Cl)c1)OCC(=O)NNC(N)=O. The van der Waals surface area contributed by atoms with Crippen molar-refractivity contribution in [3.63, 3.8) is 0 Å². The van der Waals surface area contributed by atoms with Crippen molar-refractivity contribution in [3.8, 4) is 17.5 Å². The molecule has 15 heteroatoms. The lowest BCUT2D eigenvalue weighted by Gasteiger charge is -2.20. The van der Waals surface area contributed by atoms with Crippen molar-refractivity contribution in [2.24, 2.45) is 5.73 Å². The number of carbonyl (C=O) groups is 3. The van der Waals surface area contributed by atoms with E-state index in [0.717, 1.165) is 17.3 Å². The van der Waals surface area contributed by atoms with Crippen molar-refractivity contribution >= 4 is 58.5 Å². The second kappa shape index (κ2) is 13.9. The van der Waals surface area contributed by atoms with Crippen LogP contribution in [0.5, 0.6) is 0 Å². The standard InChI is InChI=1S/C27H30Cl2N8O4S/c1-26(2,3)17-7-9-21(19(29)13-17)37-25(34-35-36-37)42-15-23(39)31-20-8-6-16(12-18(20)28)10-11-27(4,5)41-14-22(38)32-33-24(30)40/h6-9,12-13H,14-15H2,1-5H3,(H,31,39)(H,32,38)(H3,30,33,40). The molecule has 0 spiro atoms. The quantitative estimate of drug-likeness (QED) is 0.165. The predicted octanol–water partition coefficient (Wildman–Crippen LogP) is 3.84. The number of nitrogens with one attached hydrogen (secondary N) is 3. The summed E-state index contributed by atoms with van der Waals surface area (Å²) >= 11 is 14.1. The van der Waals surface area contributed by atoms with E-state index in [0.29, 0.717) is 27.1 Å². The Bertz CT molecular complexity index is 1540. The lowest BCUT2D eigenvalue weighted by molar-refractivity contribution is -0.129. The molecule has 0 aliphatic heterocycles. The van der Waals surface area contributed by atoms with Crippen LogP contribution in [-0.2, 0) is 19.7 Å². The van der Waals surface area contributed by atoms with Gasteiger partial charge in [-0.1, -0.05) is 73.6 Å². The van der Waals surface area contributed by atoms with Gasteiger partial charge in [-0.2, -0.15) is 4.68 Å². The van der Waals surface area contributed by atoms with Crippen LogP contribution in [0.4, 0.5) is 10.5 Å². The summed E-state index contributed by atoms with van der Waals surface area (Å²) in [6.45, 7) is 9.29. The van der Waals surface area contributed by atoms with Gasteiger partial charge in [0.05, 0.1) is 27.2 Å². The van der Waals surface area contributed by atoms with Crippen LogP contribution in [0.15, 0.2) is 41.6 Å². The average Bonchev–Trinajstić information content (AvgIpc) is 3.37. The van der Waals surface area contributed by atoms with Gasteiger partial charge in [-0.15, -0.1) is 5.10 Å². The van der Waals surface area contributed by atoms with Crippen LogP contribution < -0.4 is 21.9 Å². The van der Waals surface area contributed by atoms with Crippen molar-refractivity contribution < 1.29 is 19.1 Å². The van der Waals surface area contributed by atoms with E-state index in [2.05, 4.69) is 58.9 Å². The van der Waals surface area contributed by atoms with Crippen LogP contribution in [-0.4, -0.2) is 56.0 Å². The molecule has 0 saturated carbocycles. The highest BCUT2D eigenvalue weighted by Gasteiger charge is 2.19. The summed E-state index contributed by atoms with van der Waals surface area (Å²) in [6, 6.07) is 9.72. The fourth-order valence-corrected chi connectivity index (χ4v) is 4.42. The number of hydrazine groups is 1. The first-order valence-electron chi connectivity index (χ1n) is 12.5. The second-order valence-corrected chi connectivity index (χ2v) is 12.2. The smallest absolute Gasteiger partial charge is 0.330 e. The number of rotatable bonds is 8. The minimum absolute atomic E-state index is 0.0179. The molecule has 0 atom stereocenters. The molecule has 12 nitrogen and oxygen atoms in total. The molecule has 3 aromatic rings. The van der Waals surface area contributed by atoms with Gasteiger partial charge in [-0.25, -0.2) is 10.2 Å². The summed E-state index contributed by atoms with van der Waals surface area (Å²) in [5.41, 5.74) is 10.5. The Labute approximate surface area is 257 Å². The molecule has 1 heterocycles. The molecule has 5 N–H and O–H groups in total. The highest BCUT2D eigenvalue weighted by atomic mass is 35.5. The molecule has 2 aromatic carbocycles. The number of aromatic nitrogens is 4. The number of primary amides is 1. The predicted molar refractivity (Wildman–Crippen MR) is 161 cm³/mol. The summed E-state index contributed by atoms with van der Waals surface area (Å²) in [5.74, 6) is 4.94. The lowest BCUT2D eigenvalue weighted by Crippen LogP contribution is -2.46. The van der Waals surface area contributed by atoms with Crippen molar-refractivity contribution in [2.75, 3.05) is 17.7 Å². The topological polar surface area (TPSA) is 166 Å². The van der Waals surface area contributed by atoms with Gasteiger partial charge >= 0.3 is 6.03 Å². The maximum absolute atomic E-state index is 12.7. The van der Waals surface area contributed by atoms with E-state index in [-0.39, 0.29) is 28.7 Å². The number of nitrogens with two attached hydrogens (primary N) is 1. The molecule has 0 aliphatic rings. The van der Waals surface area contributed by atoms with Gasteiger partial charge < -0.3 is 15.8 Å². The zero-order valence-electron chi connectivity index (χ0n) is 23.5. The lowest BCUT2D eigenvalue weighted by atomic mass is 9.87. The number of benzene rings is 2. The third kappa shape index (κ3) is 9.63. The number of amides is 4. The first kappa shape index (κ1) is 32.7. The van der Waals surface area contributed by atoms with Gasteiger partial charge in [0.1, 0.15) is 12.2 Å². The van der Waals surface area contributed by atoms with Gasteiger partial charge in [0, 0.05) is 5.56 Å². The Hall–Kier alpha value is -3.83. The summed E-state index contributed by atoms with van der Waals surface area (Å²) in [6.07, 6.45) is 0. The van der Waals surface area contributed by atoms with Crippen LogP contribution in [0.25, 0.3) is 5.69 Å². The average molecular weight is 634 g/mol. The summed E-state index contributed by atoms with van der Waals surface area (Å²) in [4.78, 5) is 35.0. The largest absolute Gasteiger partial charge is 0.353 e. The Balaban J connectivity index is 1.58. The molecule has 0 radical (unpaired) electrons. The number of ether oxygens (including phenoxy) is 1. The number of carbonyl (C=O) groups excluding carboxylic acids is 3. The first-order chi connectivity index (χ1) is 19.6. The summed E-state index contributed by atoms with van der Waals surface area (Å²) in [7, 11) is 0. The zero-order valence-corrected chi connectivity index (χ0v) is 25.9. The Kier molecular flexibility index (Phi) is 10.8. The minimum Gasteiger partial charge on any atom is -0.353 e. The van der Waals surface area contributed by atoms with Gasteiger partial charge in [0.25, 0.3) is 5.91 Å². The molecule has 0 fully saturated rings. The number of urea groups is 1. The van der Waals surface area contributed by atoms with Gasteiger partial charge in [0.15, 0.2) is 0 Å². The van der Waals surface area contributed by atoms with E-state index in [9.17, 15) is 14.4 Å².